The second-order valence-electron chi connectivity index (χ2n) is 4.98. The topological polar surface area (TPSA) is 72.8 Å². The number of hydrogen-bond acceptors (Lipinski definition) is 5. The van der Waals surface area contributed by atoms with Crippen molar-refractivity contribution in [3.63, 3.8) is 0 Å². The van der Waals surface area contributed by atoms with E-state index in [9.17, 15) is 14.4 Å². The van der Waals surface area contributed by atoms with Gasteiger partial charge in [0.25, 0.3) is 0 Å². The molecule has 1 aromatic carbocycles. The molecule has 0 aliphatic heterocycles. The van der Waals surface area contributed by atoms with E-state index < -0.39 is 11.6 Å². The fourth-order valence-electron chi connectivity index (χ4n) is 2.23. The zero-order chi connectivity index (χ0) is 16.6. The average molecular weight is 328 g/mol. The summed E-state index contributed by atoms with van der Waals surface area (Å²) in [6, 6.07) is 6.36. The Bertz CT molecular complexity index is 874. The minimum absolute atomic E-state index is 0.156. The molecule has 0 bridgehead atoms. The van der Waals surface area contributed by atoms with Crippen molar-refractivity contribution in [2.45, 2.75) is 6.92 Å². The average Bonchev–Trinajstić information content (AvgIpc) is 2.54. The molecule has 0 spiro atoms. The SMILES string of the molecule is CC1=CC(=O)C=CC1=NOC1=C(Cl)C(=O)c2ccccc2C1=O. The standard InChI is InChI=1S/C17H10ClNO4/c1-9-8-10(20)6-7-13(9)19-23-17-14(18)15(21)11-4-2-3-5-12(11)16(17)22/h2-8H,1H3. The Morgan fingerprint density at radius 2 is 1.65 bits per heavy atom. The maximum atomic E-state index is 12.4. The maximum Gasteiger partial charge on any atom is 0.233 e. The first-order valence-corrected chi connectivity index (χ1v) is 7.11. The van der Waals surface area contributed by atoms with Gasteiger partial charge >= 0.3 is 0 Å². The summed E-state index contributed by atoms with van der Waals surface area (Å²) in [7, 11) is 0. The Morgan fingerprint density at radius 1 is 1.00 bits per heavy atom. The van der Waals surface area contributed by atoms with Crippen LogP contribution in [0.1, 0.15) is 27.6 Å². The summed E-state index contributed by atoms with van der Waals surface area (Å²) in [6.07, 6.45) is 4.19. The van der Waals surface area contributed by atoms with Crippen molar-refractivity contribution in [1.82, 2.24) is 0 Å². The van der Waals surface area contributed by atoms with E-state index in [0.717, 1.165) is 0 Å². The van der Waals surface area contributed by atoms with E-state index in [1.807, 2.05) is 0 Å². The molecular formula is C17H10ClNO4. The van der Waals surface area contributed by atoms with E-state index in [0.29, 0.717) is 11.3 Å². The summed E-state index contributed by atoms with van der Waals surface area (Å²) in [6.45, 7) is 1.68. The Balaban J connectivity index is 1.95. The third-order valence-electron chi connectivity index (χ3n) is 3.42. The number of carbonyl (C=O) groups excluding carboxylic acids is 3. The molecule has 114 valence electrons. The number of oxime groups is 1. The Labute approximate surface area is 136 Å². The summed E-state index contributed by atoms with van der Waals surface area (Å²) in [5, 5.41) is 3.51. The van der Waals surface area contributed by atoms with Gasteiger partial charge in [0.1, 0.15) is 10.7 Å². The lowest BCUT2D eigenvalue weighted by molar-refractivity contribution is -0.110. The van der Waals surface area contributed by atoms with Gasteiger partial charge in [0.15, 0.2) is 5.78 Å². The first kappa shape index (κ1) is 15.1. The molecule has 0 atom stereocenters. The summed E-state index contributed by atoms with van der Waals surface area (Å²) in [5.74, 6) is -1.47. The highest BCUT2D eigenvalue weighted by Gasteiger charge is 2.33. The molecule has 0 saturated carbocycles. The number of rotatable bonds is 2. The van der Waals surface area contributed by atoms with Crippen molar-refractivity contribution in [2.24, 2.45) is 5.16 Å². The normalized spacial score (nSPS) is 19.1. The molecule has 0 unspecified atom stereocenters. The monoisotopic (exact) mass is 327 g/mol. The Morgan fingerprint density at radius 3 is 2.30 bits per heavy atom. The van der Waals surface area contributed by atoms with Gasteiger partial charge in [-0.25, -0.2) is 0 Å². The van der Waals surface area contributed by atoms with Crippen molar-refractivity contribution in [2.75, 3.05) is 0 Å². The van der Waals surface area contributed by atoms with Gasteiger partial charge in [0, 0.05) is 11.1 Å². The number of hydrogen-bond donors (Lipinski definition) is 0. The number of ketones is 3. The van der Waals surface area contributed by atoms with E-state index >= 15 is 0 Å². The molecule has 3 rings (SSSR count). The molecule has 0 amide bonds. The molecule has 1 aromatic rings. The first-order valence-electron chi connectivity index (χ1n) is 6.73. The lowest BCUT2D eigenvalue weighted by Gasteiger charge is -2.15. The van der Waals surface area contributed by atoms with Crippen LogP contribution in [0.4, 0.5) is 0 Å². The Hall–Kier alpha value is -2.79. The fourth-order valence-corrected chi connectivity index (χ4v) is 2.45. The van der Waals surface area contributed by atoms with Crippen molar-refractivity contribution in [3.05, 3.63) is 70.0 Å². The fraction of sp³-hybridized carbons (Fsp3) is 0.0588. The van der Waals surface area contributed by atoms with E-state index in [1.165, 1.54) is 30.4 Å². The summed E-state index contributed by atoms with van der Waals surface area (Å²) in [4.78, 5) is 41.0. The van der Waals surface area contributed by atoms with Crippen molar-refractivity contribution in [1.29, 1.82) is 0 Å². The van der Waals surface area contributed by atoms with Crippen LogP contribution in [-0.2, 0) is 9.63 Å². The molecule has 6 heteroatoms. The largest absolute Gasteiger partial charge is 0.350 e. The predicted octanol–water partition coefficient (Wildman–Crippen LogP) is 2.97. The van der Waals surface area contributed by atoms with Gasteiger partial charge in [0.2, 0.25) is 17.3 Å². The number of fused-ring (bicyclic) bond motifs is 1. The van der Waals surface area contributed by atoms with Gasteiger partial charge in [-0.2, -0.15) is 0 Å². The van der Waals surface area contributed by atoms with Crippen LogP contribution in [0.5, 0.6) is 0 Å². The third kappa shape index (κ3) is 2.66. The van der Waals surface area contributed by atoms with Gasteiger partial charge < -0.3 is 4.84 Å². The molecule has 0 saturated heterocycles. The first-order chi connectivity index (χ1) is 11.0. The van der Waals surface area contributed by atoms with E-state index in [1.54, 1.807) is 19.1 Å². The van der Waals surface area contributed by atoms with Gasteiger partial charge in [-0.05, 0) is 30.7 Å². The summed E-state index contributed by atoms with van der Waals surface area (Å²) >= 11 is 5.96. The van der Waals surface area contributed by atoms with E-state index in [2.05, 4.69) is 5.16 Å². The number of benzene rings is 1. The second-order valence-corrected chi connectivity index (χ2v) is 5.36. The zero-order valence-electron chi connectivity index (χ0n) is 12.0. The molecule has 0 radical (unpaired) electrons. The molecule has 0 heterocycles. The van der Waals surface area contributed by atoms with Crippen molar-refractivity contribution in [3.8, 4) is 0 Å². The molecule has 0 aromatic heterocycles. The molecule has 2 aliphatic carbocycles. The predicted molar refractivity (Wildman–Crippen MR) is 84.4 cm³/mol. The van der Waals surface area contributed by atoms with Crippen LogP contribution >= 0.6 is 11.6 Å². The zero-order valence-corrected chi connectivity index (χ0v) is 12.8. The van der Waals surface area contributed by atoms with Gasteiger partial charge in [-0.3, -0.25) is 14.4 Å². The number of nitrogens with zero attached hydrogens (tertiary/aromatic N) is 1. The van der Waals surface area contributed by atoms with Crippen LogP contribution in [0.2, 0.25) is 0 Å². The van der Waals surface area contributed by atoms with Crippen molar-refractivity contribution >= 4 is 34.7 Å². The number of carbonyl (C=O) groups is 3. The van der Waals surface area contributed by atoms with Crippen LogP contribution in [0.3, 0.4) is 0 Å². The molecule has 23 heavy (non-hydrogen) atoms. The van der Waals surface area contributed by atoms with Gasteiger partial charge in [-0.1, -0.05) is 41.0 Å². The Kier molecular flexibility index (Phi) is 3.80. The van der Waals surface area contributed by atoms with Crippen LogP contribution in [-0.4, -0.2) is 23.1 Å². The molecule has 0 fully saturated rings. The van der Waals surface area contributed by atoms with Crippen LogP contribution < -0.4 is 0 Å². The van der Waals surface area contributed by atoms with E-state index in [-0.39, 0.29) is 27.7 Å². The third-order valence-corrected chi connectivity index (χ3v) is 3.77. The van der Waals surface area contributed by atoms with Crippen LogP contribution in [0.25, 0.3) is 0 Å². The number of allylic oxidation sites excluding steroid dienone is 6. The quantitative estimate of drug-likeness (QED) is 0.618. The molecule has 2 aliphatic rings. The van der Waals surface area contributed by atoms with Gasteiger partial charge in [-0.15, -0.1) is 0 Å². The van der Waals surface area contributed by atoms with Crippen molar-refractivity contribution < 1.29 is 19.2 Å². The van der Waals surface area contributed by atoms with Crippen LogP contribution in [0.15, 0.2) is 64.0 Å². The smallest absolute Gasteiger partial charge is 0.233 e. The highest BCUT2D eigenvalue weighted by Crippen LogP contribution is 2.29. The lowest BCUT2D eigenvalue weighted by Crippen LogP contribution is -2.21. The maximum absolute atomic E-state index is 12.4. The van der Waals surface area contributed by atoms with E-state index in [4.69, 9.17) is 16.4 Å². The minimum Gasteiger partial charge on any atom is -0.350 e. The molecule has 5 nitrogen and oxygen atoms in total. The second kappa shape index (κ2) is 5.78. The highest BCUT2D eigenvalue weighted by molar-refractivity contribution is 6.49. The summed E-state index contributed by atoms with van der Waals surface area (Å²) < 4.78 is 0. The molecular weight excluding hydrogens is 318 g/mol. The summed E-state index contributed by atoms with van der Waals surface area (Å²) in [5.41, 5.74) is 1.42. The lowest BCUT2D eigenvalue weighted by atomic mass is 9.93. The number of Topliss-reactive ketones (excluding diaryl/α,β-unsaturated/α-hetero) is 2. The number of halogens is 1. The van der Waals surface area contributed by atoms with Gasteiger partial charge in [0.05, 0.1) is 0 Å². The highest BCUT2D eigenvalue weighted by atomic mass is 35.5. The minimum atomic E-state index is -0.507. The molecule has 0 N–H and O–H groups in total. The van der Waals surface area contributed by atoms with Crippen LogP contribution in [0, 0.1) is 0 Å².